The normalized spacial score (nSPS) is 9.61. The van der Waals surface area contributed by atoms with Crippen molar-refractivity contribution in [3.63, 3.8) is 0 Å². The van der Waals surface area contributed by atoms with Crippen molar-refractivity contribution >= 4 is 22.4 Å². The summed E-state index contributed by atoms with van der Waals surface area (Å²) >= 11 is 5.53. The van der Waals surface area contributed by atoms with Crippen molar-refractivity contribution in [2.45, 2.75) is 5.88 Å². The van der Waals surface area contributed by atoms with E-state index in [1.165, 1.54) is 16.3 Å². The van der Waals surface area contributed by atoms with Crippen LogP contribution in [0.1, 0.15) is 5.56 Å². The van der Waals surface area contributed by atoms with E-state index < -0.39 is 0 Å². The molecule has 0 nitrogen and oxygen atoms in total. The third-order valence-corrected chi connectivity index (χ3v) is 2.96. The summed E-state index contributed by atoms with van der Waals surface area (Å²) in [6.07, 6.45) is 0. The second-order valence-electron chi connectivity index (χ2n) is 3.97. The van der Waals surface area contributed by atoms with Crippen molar-refractivity contribution in [2.75, 3.05) is 0 Å². The summed E-state index contributed by atoms with van der Waals surface area (Å²) in [5.41, 5.74) is 1.18. The minimum atomic E-state index is 0.612. The molecular formula is C17H15Cl. The number of rotatable bonds is 1. The first kappa shape index (κ1) is 12.7. The Kier molecular flexibility index (Phi) is 4.80. The molecule has 0 fully saturated rings. The standard InChI is InChI=1S/C10H8.C7H7Cl/c1-2-6-10-8-4-3-7-9(10)5-1;8-6-7-4-2-1-3-5-7/h1-8H;1-5H,6H2. The zero-order chi connectivity index (χ0) is 12.6. The molecule has 0 unspecified atom stereocenters. The van der Waals surface area contributed by atoms with E-state index in [4.69, 9.17) is 11.6 Å². The maximum Gasteiger partial charge on any atom is 0.0474 e. The maximum absolute atomic E-state index is 5.53. The minimum Gasteiger partial charge on any atom is -0.122 e. The van der Waals surface area contributed by atoms with Gasteiger partial charge in [0, 0.05) is 5.88 Å². The van der Waals surface area contributed by atoms with Crippen LogP contribution in [-0.2, 0) is 5.88 Å². The fourth-order valence-corrected chi connectivity index (χ4v) is 1.88. The SMILES string of the molecule is ClCc1ccccc1.c1ccc2ccccc2c1. The van der Waals surface area contributed by atoms with Gasteiger partial charge in [-0.3, -0.25) is 0 Å². The first-order chi connectivity index (χ1) is 8.90. The highest BCUT2D eigenvalue weighted by molar-refractivity contribution is 6.17. The molecule has 3 aromatic rings. The Labute approximate surface area is 113 Å². The molecule has 0 spiro atoms. The van der Waals surface area contributed by atoms with E-state index in [0.717, 1.165) is 0 Å². The summed E-state index contributed by atoms with van der Waals surface area (Å²) in [7, 11) is 0. The van der Waals surface area contributed by atoms with Crippen LogP contribution in [0.2, 0.25) is 0 Å². The van der Waals surface area contributed by atoms with Crippen molar-refractivity contribution < 1.29 is 0 Å². The highest BCUT2D eigenvalue weighted by Gasteiger charge is 1.85. The van der Waals surface area contributed by atoms with Crippen LogP contribution in [0.4, 0.5) is 0 Å². The van der Waals surface area contributed by atoms with Gasteiger partial charge in [0.05, 0.1) is 0 Å². The van der Waals surface area contributed by atoms with E-state index in [9.17, 15) is 0 Å². The van der Waals surface area contributed by atoms with E-state index in [0.29, 0.717) is 5.88 Å². The molecule has 0 aliphatic rings. The summed E-state index contributed by atoms with van der Waals surface area (Å²) in [6.45, 7) is 0. The lowest BCUT2D eigenvalue weighted by molar-refractivity contribution is 1.41. The predicted molar refractivity (Wildman–Crippen MR) is 79.9 cm³/mol. The third-order valence-electron chi connectivity index (χ3n) is 2.66. The number of benzene rings is 3. The van der Waals surface area contributed by atoms with Crippen LogP contribution in [0.5, 0.6) is 0 Å². The van der Waals surface area contributed by atoms with Crippen molar-refractivity contribution in [1.82, 2.24) is 0 Å². The number of fused-ring (bicyclic) bond motifs is 1. The van der Waals surface area contributed by atoms with Crippen LogP contribution in [0.25, 0.3) is 10.8 Å². The molecule has 3 aromatic carbocycles. The van der Waals surface area contributed by atoms with Crippen LogP contribution < -0.4 is 0 Å². The molecule has 0 radical (unpaired) electrons. The van der Waals surface area contributed by atoms with E-state index >= 15 is 0 Å². The van der Waals surface area contributed by atoms with E-state index in [1.54, 1.807) is 0 Å². The van der Waals surface area contributed by atoms with Crippen molar-refractivity contribution in [1.29, 1.82) is 0 Å². The molecule has 0 amide bonds. The Balaban J connectivity index is 0.000000138. The lowest BCUT2D eigenvalue weighted by atomic mass is 10.1. The third kappa shape index (κ3) is 3.61. The van der Waals surface area contributed by atoms with Crippen LogP contribution in [0, 0.1) is 0 Å². The quantitative estimate of drug-likeness (QED) is 0.519. The largest absolute Gasteiger partial charge is 0.122 e. The van der Waals surface area contributed by atoms with Crippen molar-refractivity contribution in [3.05, 3.63) is 84.4 Å². The molecule has 0 heterocycles. The molecule has 0 saturated carbocycles. The van der Waals surface area contributed by atoms with Gasteiger partial charge >= 0.3 is 0 Å². The van der Waals surface area contributed by atoms with Crippen LogP contribution in [0.3, 0.4) is 0 Å². The highest BCUT2D eigenvalue weighted by atomic mass is 35.5. The van der Waals surface area contributed by atoms with Gasteiger partial charge in [-0.1, -0.05) is 78.9 Å². The monoisotopic (exact) mass is 254 g/mol. The molecule has 18 heavy (non-hydrogen) atoms. The van der Waals surface area contributed by atoms with Gasteiger partial charge in [0.25, 0.3) is 0 Å². The lowest BCUT2D eigenvalue weighted by Crippen LogP contribution is -1.71. The number of alkyl halides is 1. The predicted octanol–water partition coefficient (Wildman–Crippen LogP) is 5.27. The van der Waals surface area contributed by atoms with Crippen LogP contribution >= 0.6 is 11.6 Å². The fourth-order valence-electron chi connectivity index (χ4n) is 1.70. The van der Waals surface area contributed by atoms with Crippen molar-refractivity contribution in [2.24, 2.45) is 0 Å². The van der Waals surface area contributed by atoms with Crippen LogP contribution in [0.15, 0.2) is 78.9 Å². The number of hydrogen-bond acceptors (Lipinski definition) is 0. The summed E-state index contributed by atoms with van der Waals surface area (Å²) in [5, 5.41) is 2.62. The maximum atomic E-state index is 5.53. The Hall–Kier alpha value is -1.79. The van der Waals surface area contributed by atoms with Gasteiger partial charge in [0.15, 0.2) is 0 Å². The van der Waals surface area contributed by atoms with Gasteiger partial charge in [-0.25, -0.2) is 0 Å². The number of halogens is 1. The Morgan fingerprint density at radius 1 is 0.556 bits per heavy atom. The van der Waals surface area contributed by atoms with Gasteiger partial charge in [-0.15, -0.1) is 11.6 Å². The molecule has 0 N–H and O–H groups in total. The first-order valence-corrected chi connectivity index (χ1v) is 6.47. The molecule has 0 aliphatic carbocycles. The van der Waals surface area contributed by atoms with Gasteiger partial charge < -0.3 is 0 Å². The van der Waals surface area contributed by atoms with E-state index in [1.807, 2.05) is 30.3 Å². The summed E-state index contributed by atoms with van der Waals surface area (Å²) in [6, 6.07) is 26.7. The Bertz CT molecular complexity index is 522. The molecule has 0 atom stereocenters. The molecule has 1 heteroatoms. The zero-order valence-corrected chi connectivity index (χ0v) is 10.8. The molecule has 3 rings (SSSR count). The van der Waals surface area contributed by atoms with Crippen molar-refractivity contribution in [3.8, 4) is 0 Å². The molecular weight excluding hydrogens is 240 g/mol. The van der Waals surface area contributed by atoms with Gasteiger partial charge in [-0.2, -0.15) is 0 Å². The molecule has 0 aliphatic heterocycles. The van der Waals surface area contributed by atoms with Gasteiger partial charge in [-0.05, 0) is 16.3 Å². The Morgan fingerprint density at radius 2 is 0.944 bits per heavy atom. The zero-order valence-electron chi connectivity index (χ0n) is 10.1. The fraction of sp³-hybridized carbons (Fsp3) is 0.0588. The van der Waals surface area contributed by atoms with E-state index in [2.05, 4.69) is 48.5 Å². The second kappa shape index (κ2) is 6.83. The average Bonchev–Trinajstić information content (AvgIpc) is 2.49. The smallest absolute Gasteiger partial charge is 0.0474 e. The van der Waals surface area contributed by atoms with Crippen LogP contribution in [-0.4, -0.2) is 0 Å². The molecule has 0 aromatic heterocycles. The lowest BCUT2D eigenvalue weighted by Gasteiger charge is -1.92. The van der Waals surface area contributed by atoms with Gasteiger partial charge in [0.1, 0.15) is 0 Å². The average molecular weight is 255 g/mol. The first-order valence-electron chi connectivity index (χ1n) is 5.94. The van der Waals surface area contributed by atoms with Gasteiger partial charge in [0.2, 0.25) is 0 Å². The van der Waals surface area contributed by atoms with E-state index in [-0.39, 0.29) is 0 Å². The molecule has 0 saturated heterocycles. The molecule has 0 bridgehead atoms. The topological polar surface area (TPSA) is 0 Å². The molecule has 90 valence electrons. The highest BCUT2D eigenvalue weighted by Crippen LogP contribution is 2.11. The second-order valence-corrected chi connectivity index (χ2v) is 4.23. The minimum absolute atomic E-state index is 0.612. The summed E-state index contributed by atoms with van der Waals surface area (Å²) in [5.74, 6) is 0.612. The summed E-state index contributed by atoms with van der Waals surface area (Å²) < 4.78 is 0. The Morgan fingerprint density at radius 3 is 1.28 bits per heavy atom. The summed E-state index contributed by atoms with van der Waals surface area (Å²) in [4.78, 5) is 0. The number of hydrogen-bond donors (Lipinski definition) is 0.